The van der Waals surface area contributed by atoms with Gasteiger partial charge in [-0.15, -0.1) is 0 Å². The van der Waals surface area contributed by atoms with E-state index in [9.17, 15) is 18.0 Å². The lowest BCUT2D eigenvalue weighted by Crippen LogP contribution is -2.33. The van der Waals surface area contributed by atoms with Gasteiger partial charge in [-0.3, -0.25) is 4.79 Å². The van der Waals surface area contributed by atoms with Gasteiger partial charge in [-0.2, -0.15) is 13.2 Å². The largest absolute Gasteiger partial charge is 0.416 e. The van der Waals surface area contributed by atoms with Crippen LogP contribution in [0.1, 0.15) is 29.9 Å². The molecule has 1 aliphatic carbocycles. The normalized spacial score (nSPS) is 28.8. The van der Waals surface area contributed by atoms with Gasteiger partial charge in [-0.25, -0.2) is 0 Å². The van der Waals surface area contributed by atoms with Gasteiger partial charge in [0.05, 0.1) is 5.56 Å². The molecule has 1 aromatic carbocycles. The van der Waals surface area contributed by atoms with Crippen molar-refractivity contribution in [3.05, 3.63) is 35.4 Å². The molecule has 0 bridgehead atoms. The Morgan fingerprint density at radius 3 is 2.43 bits per heavy atom. The van der Waals surface area contributed by atoms with E-state index in [0.29, 0.717) is 13.1 Å². The molecule has 2 fully saturated rings. The average molecular weight is 298 g/mol. The first-order valence-electron chi connectivity index (χ1n) is 7.08. The predicted molar refractivity (Wildman–Crippen MR) is 71.5 cm³/mol. The Kier molecular flexibility index (Phi) is 3.43. The van der Waals surface area contributed by atoms with E-state index in [2.05, 4.69) is 0 Å². The molecule has 3 atom stereocenters. The minimum Gasteiger partial charge on any atom is -0.341 e. The number of hydrogen-bond donors (Lipinski definition) is 1. The molecule has 2 N–H and O–H groups in total. The Morgan fingerprint density at radius 1 is 1.24 bits per heavy atom. The highest BCUT2D eigenvalue weighted by molar-refractivity contribution is 5.83. The van der Waals surface area contributed by atoms with Crippen LogP contribution < -0.4 is 5.73 Å². The number of likely N-dealkylation sites (tertiary alicyclic amines) is 1. The maximum atomic E-state index is 12.5. The molecular weight excluding hydrogens is 281 g/mol. The Balaban J connectivity index is 1.64. The van der Waals surface area contributed by atoms with E-state index in [-0.39, 0.29) is 23.8 Å². The van der Waals surface area contributed by atoms with Gasteiger partial charge in [0.2, 0.25) is 5.91 Å². The Hall–Kier alpha value is -1.56. The highest BCUT2D eigenvalue weighted by atomic mass is 19.4. The molecule has 1 aromatic rings. The van der Waals surface area contributed by atoms with Crippen LogP contribution in [0, 0.1) is 5.92 Å². The summed E-state index contributed by atoms with van der Waals surface area (Å²) in [5, 5.41) is 0. The van der Waals surface area contributed by atoms with Crippen molar-refractivity contribution in [2.45, 2.75) is 31.0 Å². The minimum atomic E-state index is -4.32. The smallest absolute Gasteiger partial charge is 0.341 e. The van der Waals surface area contributed by atoms with Gasteiger partial charge in [0, 0.05) is 25.0 Å². The van der Waals surface area contributed by atoms with Gasteiger partial charge < -0.3 is 10.6 Å². The zero-order chi connectivity index (χ0) is 15.2. The van der Waals surface area contributed by atoms with Crippen molar-refractivity contribution in [3.63, 3.8) is 0 Å². The van der Waals surface area contributed by atoms with Crippen LogP contribution in [0.15, 0.2) is 24.3 Å². The van der Waals surface area contributed by atoms with Gasteiger partial charge >= 0.3 is 6.18 Å². The molecule has 114 valence electrons. The van der Waals surface area contributed by atoms with Crippen molar-refractivity contribution >= 4 is 5.91 Å². The number of halogens is 3. The van der Waals surface area contributed by atoms with Crippen LogP contribution in [-0.2, 0) is 11.0 Å². The number of carbonyl (C=O) groups excluding carboxylic acids is 1. The number of rotatable bonds is 2. The van der Waals surface area contributed by atoms with Crippen LogP contribution in [0.3, 0.4) is 0 Å². The third-order valence-electron chi connectivity index (χ3n) is 4.31. The quantitative estimate of drug-likeness (QED) is 0.911. The monoisotopic (exact) mass is 298 g/mol. The van der Waals surface area contributed by atoms with E-state index in [0.717, 1.165) is 30.5 Å². The fourth-order valence-corrected chi connectivity index (χ4v) is 2.98. The molecule has 3 rings (SSSR count). The first-order chi connectivity index (χ1) is 9.86. The topological polar surface area (TPSA) is 46.3 Å². The molecule has 1 saturated heterocycles. The maximum absolute atomic E-state index is 12.5. The lowest BCUT2D eigenvalue weighted by Gasteiger charge is -2.15. The predicted octanol–water partition coefficient (Wildman–Crippen LogP) is 2.37. The van der Waals surface area contributed by atoms with Crippen molar-refractivity contribution in [2.75, 3.05) is 13.1 Å². The first-order valence-corrected chi connectivity index (χ1v) is 7.08. The lowest BCUT2D eigenvalue weighted by atomic mass is 10.1. The molecule has 0 spiro atoms. The third-order valence-corrected chi connectivity index (χ3v) is 4.31. The number of benzene rings is 1. The Morgan fingerprint density at radius 2 is 1.90 bits per heavy atom. The van der Waals surface area contributed by atoms with Crippen molar-refractivity contribution in [2.24, 2.45) is 11.7 Å². The summed E-state index contributed by atoms with van der Waals surface area (Å²) in [6.45, 7) is 1.28. The Bertz CT molecular complexity index is 541. The van der Waals surface area contributed by atoms with Crippen LogP contribution >= 0.6 is 0 Å². The van der Waals surface area contributed by atoms with Gasteiger partial charge in [-0.1, -0.05) is 12.1 Å². The zero-order valence-electron chi connectivity index (χ0n) is 11.4. The number of nitrogens with zero attached hydrogens (tertiary/aromatic N) is 1. The standard InChI is InChI=1S/C15H17F3N2O/c16-15(17,18)10-3-1-9(2-4-10)12-7-13(12)14(21)20-6-5-11(19)8-20/h1-4,11-13H,5-8,19H2/t11-,12+,13-/m1/s1. The summed E-state index contributed by atoms with van der Waals surface area (Å²) in [7, 11) is 0. The molecule has 1 amide bonds. The molecule has 3 nitrogen and oxygen atoms in total. The van der Waals surface area contributed by atoms with E-state index in [4.69, 9.17) is 5.73 Å². The van der Waals surface area contributed by atoms with Crippen LogP contribution in [0.25, 0.3) is 0 Å². The van der Waals surface area contributed by atoms with Gasteiger partial charge in [0.15, 0.2) is 0 Å². The average Bonchev–Trinajstić information content (AvgIpc) is 3.12. The Labute approximate surface area is 120 Å². The van der Waals surface area contributed by atoms with E-state index >= 15 is 0 Å². The molecule has 2 aliphatic rings. The second kappa shape index (κ2) is 5.02. The molecule has 1 saturated carbocycles. The van der Waals surface area contributed by atoms with Crippen molar-refractivity contribution in [1.82, 2.24) is 4.90 Å². The van der Waals surface area contributed by atoms with Gasteiger partial charge in [0.1, 0.15) is 0 Å². The molecule has 1 heterocycles. The summed E-state index contributed by atoms with van der Waals surface area (Å²) < 4.78 is 37.5. The molecule has 6 heteroatoms. The number of hydrogen-bond acceptors (Lipinski definition) is 2. The van der Waals surface area contributed by atoms with Crippen molar-refractivity contribution in [1.29, 1.82) is 0 Å². The van der Waals surface area contributed by atoms with E-state index < -0.39 is 11.7 Å². The summed E-state index contributed by atoms with van der Waals surface area (Å²) in [4.78, 5) is 14.0. The highest BCUT2D eigenvalue weighted by Gasteiger charge is 2.46. The highest BCUT2D eigenvalue weighted by Crippen LogP contribution is 2.49. The SMILES string of the molecule is N[C@@H]1CCN(C(=O)[C@@H]2C[C@H]2c2ccc(C(F)(F)F)cc2)C1. The summed E-state index contributed by atoms with van der Waals surface area (Å²) in [5.41, 5.74) is 5.94. The fraction of sp³-hybridized carbons (Fsp3) is 0.533. The lowest BCUT2D eigenvalue weighted by molar-refractivity contribution is -0.137. The number of alkyl halides is 3. The molecular formula is C15H17F3N2O. The van der Waals surface area contributed by atoms with Gasteiger partial charge in [0.25, 0.3) is 0 Å². The minimum absolute atomic E-state index is 0.0524. The van der Waals surface area contributed by atoms with Crippen molar-refractivity contribution < 1.29 is 18.0 Å². The molecule has 0 radical (unpaired) electrons. The van der Waals surface area contributed by atoms with E-state index in [1.54, 1.807) is 4.90 Å². The molecule has 1 aliphatic heterocycles. The summed E-state index contributed by atoms with van der Waals surface area (Å²) in [6.07, 6.45) is -2.78. The summed E-state index contributed by atoms with van der Waals surface area (Å²) in [6, 6.07) is 5.19. The fourth-order valence-electron chi connectivity index (χ4n) is 2.98. The van der Waals surface area contributed by atoms with Crippen molar-refractivity contribution in [3.8, 4) is 0 Å². The maximum Gasteiger partial charge on any atom is 0.416 e. The summed E-state index contributed by atoms with van der Waals surface area (Å²) in [5.74, 6) is 0.0523. The molecule has 0 unspecified atom stereocenters. The van der Waals surface area contributed by atoms with Crippen LogP contribution in [-0.4, -0.2) is 29.9 Å². The second-order valence-electron chi connectivity index (χ2n) is 5.90. The third kappa shape index (κ3) is 2.90. The number of carbonyl (C=O) groups is 1. The van der Waals surface area contributed by atoms with E-state index in [1.807, 2.05) is 0 Å². The molecule has 0 aromatic heterocycles. The van der Waals surface area contributed by atoms with Gasteiger partial charge in [-0.05, 0) is 36.5 Å². The van der Waals surface area contributed by atoms with E-state index in [1.165, 1.54) is 12.1 Å². The van der Waals surface area contributed by atoms with Crippen LogP contribution in [0.5, 0.6) is 0 Å². The number of amides is 1. The second-order valence-corrected chi connectivity index (χ2v) is 5.90. The van der Waals surface area contributed by atoms with Crippen LogP contribution in [0.4, 0.5) is 13.2 Å². The first kappa shape index (κ1) is 14.4. The summed E-state index contributed by atoms with van der Waals surface area (Å²) >= 11 is 0. The number of nitrogens with two attached hydrogens (primary N) is 1. The zero-order valence-corrected chi connectivity index (χ0v) is 11.4. The van der Waals surface area contributed by atoms with Crippen LogP contribution in [0.2, 0.25) is 0 Å². The molecule has 21 heavy (non-hydrogen) atoms.